The van der Waals surface area contributed by atoms with Gasteiger partial charge in [-0.25, -0.2) is 0 Å². The molecule has 134 valence electrons. The van der Waals surface area contributed by atoms with Crippen LogP contribution in [0.3, 0.4) is 0 Å². The average Bonchev–Trinajstić information content (AvgIpc) is 2.53. The van der Waals surface area contributed by atoms with E-state index in [4.69, 9.17) is 0 Å². The lowest BCUT2D eigenvalue weighted by atomic mass is 9.96. The number of hydrogen-bond donors (Lipinski definition) is 0. The van der Waals surface area contributed by atoms with Gasteiger partial charge >= 0.3 is 0 Å². The Balaban J connectivity index is 0.000000789. The first-order valence-corrected chi connectivity index (χ1v) is 9.71. The summed E-state index contributed by atoms with van der Waals surface area (Å²) >= 11 is 0. The lowest BCUT2D eigenvalue weighted by Crippen LogP contribution is -2.50. The fourth-order valence-corrected chi connectivity index (χ4v) is 3.07. The molecule has 0 saturated carbocycles. The zero-order chi connectivity index (χ0) is 17.0. The Labute approximate surface area is 141 Å². The van der Waals surface area contributed by atoms with Crippen LogP contribution >= 0.6 is 0 Å². The molecule has 0 aliphatic carbocycles. The zero-order valence-corrected chi connectivity index (χ0v) is 16.6. The summed E-state index contributed by atoms with van der Waals surface area (Å²) in [6.07, 6.45) is 4.06. The minimum atomic E-state index is 0.723. The van der Waals surface area contributed by atoms with Crippen molar-refractivity contribution in [3.05, 3.63) is 0 Å². The van der Waals surface area contributed by atoms with Gasteiger partial charge in [-0.05, 0) is 52.7 Å². The summed E-state index contributed by atoms with van der Waals surface area (Å²) in [5.41, 5.74) is 0. The van der Waals surface area contributed by atoms with Crippen molar-refractivity contribution in [2.75, 3.05) is 52.9 Å². The van der Waals surface area contributed by atoms with Gasteiger partial charge in [-0.1, -0.05) is 34.1 Å². The maximum atomic E-state index is 2.69. The molecule has 2 aliphatic rings. The number of rotatable bonds is 3. The second-order valence-electron chi connectivity index (χ2n) is 6.88. The van der Waals surface area contributed by atoms with Crippen LogP contribution in [0.1, 0.15) is 60.8 Å². The van der Waals surface area contributed by atoms with E-state index >= 15 is 0 Å². The summed E-state index contributed by atoms with van der Waals surface area (Å²) in [4.78, 5) is 7.76. The van der Waals surface area contributed by atoms with Gasteiger partial charge < -0.3 is 9.80 Å². The highest BCUT2D eigenvalue weighted by molar-refractivity contribution is 4.78. The third-order valence-electron chi connectivity index (χ3n) is 4.49. The van der Waals surface area contributed by atoms with Crippen molar-refractivity contribution in [2.24, 2.45) is 5.92 Å². The second kappa shape index (κ2) is 13.3. The molecule has 0 bridgehead atoms. The van der Waals surface area contributed by atoms with Gasteiger partial charge in [0, 0.05) is 38.8 Å². The molecule has 2 fully saturated rings. The smallest absolute Gasteiger partial charge is 0.0113 e. The van der Waals surface area contributed by atoms with Gasteiger partial charge in [0.2, 0.25) is 0 Å². The van der Waals surface area contributed by atoms with Crippen LogP contribution < -0.4 is 0 Å². The molecule has 0 amide bonds. The van der Waals surface area contributed by atoms with E-state index in [1.165, 1.54) is 65.1 Å². The summed E-state index contributed by atoms with van der Waals surface area (Å²) in [5, 5.41) is 0. The minimum absolute atomic E-state index is 0.723. The van der Waals surface area contributed by atoms with Gasteiger partial charge in [0.05, 0.1) is 0 Å². The first-order chi connectivity index (χ1) is 10.6. The van der Waals surface area contributed by atoms with E-state index in [-0.39, 0.29) is 0 Å². The van der Waals surface area contributed by atoms with Crippen molar-refractivity contribution in [1.82, 2.24) is 14.7 Å². The lowest BCUT2D eigenvalue weighted by molar-refractivity contribution is 0.0843. The summed E-state index contributed by atoms with van der Waals surface area (Å²) in [5.74, 6) is 0.955. The van der Waals surface area contributed by atoms with E-state index in [2.05, 4.69) is 49.4 Å². The summed E-state index contributed by atoms with van der Waals surface area (Å²) in [7, 11) is 2.25. The first kappa shape index (κ1) is 21.9. The van der Waals surface area contributed by atoms with Crippen LogP contribution in [0.25, 0.3) is 0 Å². The van der Waals surface area contributed by atoms with Crippen molar-refractivity contribution < 1.29 is 0 Å². The molecule has 3 heteroatoms. The van der Waals surface area contributed by atoms with Crippen LogP contribution in [-0.2, 0) is 0 Å². The first-order valence-electron chi connectivity index (χ1n) is 9.71. The fraction of sp³-hybridized carbons (Fsp3) is 1.00. The summed E-state index contributed by atoms with van der Waals surface area (Å²) in [6, 6.07) is 0.723. The highest BCUT2D eigenvalue weighted by atomic mass is 15.3. The fourth-order valence-electron chi connectivity index (χ4n) is 3.07. The third kappa shape index (κ3) is 9.12. The highest BCUT2D eigenvalue weighted by Crippen LogP contribution is 2.18. The molecule has 0 aromatic rings. The Hall–Kier alpha value is -0.120. The predicted molar refractivity (Wildman–Crippen MR) is 101 cm³/mol. The Bertz CT molecular complexity index is 227. The normalized spacial score (nSPS) is 21.8. The van der Waals surface area contributed by atoms with Crippen molar-refractivity contribution in [3.63, 3.8) is 0 Å². The molecular formula is C19H43N3. The molecule has 2 rings (SSSR count). The average molecular weight is 314 g/mol. The molecule has 0 N–H and O–H groups in total. The van der Waals surface area contributed by atoms with Crippen molar-refractivity contribution >= 4 is 0 Å². The summed E-state index contributed by atoms with van der Waals surface area (Å²) < 4.78 is 0. The zero-order valence-electron chi connectivity index (χ0n) is 16.6. The molecule has 0 aromatic carbocycles. The number of piperazine rings is 1. The number of piperidine rings is 1. The van der Waals surface area contributed by atoms with Gasteiger partial charge in [0.1, 0.15) is 0 Å². The van der Waals surface area contributed by atoms with Gasteiger partial charge in [-0.15, -0.1) is 0 Å². The number of nitrogens with zero attached hydrogens (tertiary/aromatic N) is 3. The maximum absolute atomic E-state index is 2.69. The van der Waals surface area contributed by atoms with Crippen LogP contribution in [0.15, 0.2) is 0 Å². The molecule has 0 atom stereocenters. The van der Waals surface area contributed by atoms with E-state index < -0.39 is 0 Å². The van der Waals surface area contributed by atoms with Gasteiger partial charge in [-0.2, -0.15) is 0 Å². The molecule has 2 saturated heterocycles. The molecule has 3 nitrogen and oxygen atoms in total. The topological polar surface area (TPSA) is 9.72 Å². The molecule has 0 aromatic heterocycles. The Morgan fingerprint density at radius 1 is 0.864 bits per heavy atom. The van der Waals surface area contributed by atoms with E-state index in [1.54, 1.807) is 0 Å². The lowest BCUT2D eigenvalue weighted by Gasteiger charge is -2.39. The van der Waals surface area contributed by atoms with Crippen LogP contribution in [0, 0.1) is 5.92 Å². The number of likely N-dealkylation sites (tertiary alicyclic amines) is 1. The molecular weight excluding hydrogens is 270 g/mol. The van der Waals surface area contributed by atoms with Gasteiger partial charge in [-0.3, -0.25) is 4.90 Å². The van der Waals surface area contributed by atoms with Crippen molar-refractivity contribution in [3.8, 4) is 0 Å². The molecule has 0 radical (unpaired) electrons. The van der Waals surface area contributed by atoms with Crippen LogP contribution in [-0.4, -0.2) is 73.6 Å². The standard InChI is InChI=1S/C14H29N3.C3H8.C2H6/c1-13(2)17-10-8-16(9-11-17)12-14-4-6-15(3)7-5-14;1-3-2;1-2/h13-14H,4-12H2,1-3H3;3H2,1-2H3;1-2H3. The maximum Gasteiger partial charge on any atom is 0.0113 e. The third-order valence-corrected chi connectivity index (χ3v) is 4.49. The monoisotopic (exact) mass is 313 g/mol. The van der Waals surface area contributed by atoms with Crippen LogP contribution in [0.2, 0.25) is 0 Å². The molecule has 22 heavy (non-hydrogen) atoms. The SMILES string of the molecule is CC.CC(C)N1CCN(CC2CCN(C)CC2)CC1.CCC. The Morgan fingerprint density at radius 3 is 1.73 bits per heavy atom. The van der Waals surface area contributed by atoms with E-state index in [0.717, 1.165) is 12.0 Å². The largest absolute Gasteiger partial charge is 0.306 e. The number of hydrogen-bond acceptors (Lipinski definition) is 3. The van der Waals surface area contributed by atoms with E-state index in [1.807, 2.05) is 13.8 Å². The van der Waals surface area contributed by atoms with Crippen molar-refractivity contribution in [1.29, 1.82) is 0 Å². The van der Waals surface area contributed by atoms with Crippen molar-refractivity contribution in [2.45, 2.75) is 66.8 Å². The molecule has 0 unspecified atom stereocenters. The summed E-state index contributed by atoms with van der Waals surface area (Å²) in [6.45, 7) is 21.9. The molecule has 0 spiro atoms. The predicted octanol–water partition coefficient (Wildman–Crippen LogP) is 3.80. The van der Waals surface area contributed by atoms with Crippen LogP contribution in [0.4, 0.5) is 0 Å². The molecule has 2 heterocycles. The molecule has 2 aliphatic heterocycles. The van der Waals surface area contributed by atoms with Gasteiger partial charge in [0.25, 0.3) is 0 Å². The minimum Gasteiger partial charge on any atom is -0.306 e. The van der Waals surface area contributed by atoms with E-state index in [0.29, 0.717) is 0 Å². The highest BCUT2D eigenvalue weighted by Gasteiger charge is 2.23. The van der Waals surface area contributed by atoms with Gasteiger partial charge in [0.15, 0.2) is 0 Å². The second-order valence-corrected chi connectivity index (χ2v) is 6.88. The van der Waals surface area contributed by atoms with Crippen LogP contribution in [0.5, 0.6) is 0 Å². The quantitative estimate of drug-likeness (QED) is 0.785. The Kier molecular flexibility index (Phi) is 13.3. The van der Waals surface area contributed by atoms with E-state index in [9.17, 15) is 0 Å². The Morgan fingerprint density at radius 2 is 1.32 bits per heavy atom.